The third kappa shape index (κ3) is 41.0. The van der Waals surface area contributed by atoms with E-state index in [1.165, 1.54) is 90.0 Å². The van der Waals surface area contributed by atoms with Crippen molar-refractivity contribution in [2.24, 2.45) is 0 Å². The molecule has 1 N–H and O–H groups in total. The van der Waals surface area contributed by atoms with Crippen molar-refractivity contribution in [3.63, 3.8) is 0 Å². The van der Waals surface area contributed by atoms with E-state index in [1.54, 1.807) is 7.11 Å². The first kappa shape index (κ1) is 31.1. The first-order valence-electron chi connectivity index (χ1n) is 11.1. The molecule has 0 radical (unpaired) electrons. The van der Waals surface area contributed by atoms with Gasteiger partial charge in [-0.05, 0) is 33.5 Å². The van der Waals surface area contributed by atoms with Gasteiger partial charge in [-0.1, -0.05) is 90.9 Å². The van der Waals surface area contributed by atoms with Crippen molar-refractivity contribution in [1.29, 1.82) is 0 Å². The molecule has 0 unspecified atom stereocenters. The van der Waals surface area contributed by atoms with Gasteiger partial charge in [0.05, 0.1) is 13.7 Å². The molecule has 0 saturated carbocycles. The van der Waals surface area contributed by atoms with Crippen molar-refractivity contribution in [3.8, 4) is 0 Å². The number of hydrogen-bond donors (Lipinski definition) is 1. The zero-order valence-electron chi connectivity index (χ0n) is 19.0. The quantitative estimate of drug-likeness (QED) is 0.128. The number of hydrogen-bond acceptors (Lipinski definition) is 4. The van der Waals surface area contributed by atoms with Crippen molar-refractivity contribution in [3.05, 3.63) is 0 Å². The molecule has 0 aromatic heterocycles. The Morgan fingerprint density at radius 1 is 0.704 bits per heavy atom. The van der Waals surface area contributed by atoms with Gasteiger partial charge in [0.25, 0.3) is 6.47 Å². The molecule has 0 saturated heterocycles. The fourth-order valence-electron chi connectivity index (χ4n) is 2.79. The predicted octanol–water partition coefficient (Wildman–Crippen LogP) is 6.31. The van der Waals surface area contributed by atoms with E-state index in [9.17, 15) is 0 Å². The van der Waals surface area contributed by atoms with Crippen LogP contribution in [0.1, 0.15) is 104 Å². The van der Waals surface area contributed by atoms with Crippen LogP contribution in [0, 0.1) is 0 Å². The molecule has 5 heteroatoms. The number of nitrogens with zero attached hydrogens (tertiary/aromatic N) is 1. The fourth-order valence-corrected chi connectivity index (χ4v) is 2.79. The Morgan fingerprint density at radius 3 is 1.30 bits per heavy atom. The highest BCUT2D eigenvalue weighted by Gasteiger charge is 1.95. The molecule has 0 heterocycles. The summed E-state index contributed by atoms with van der Waals surface area (Å²) in [5.41, 5.74) is 0. The smallest absolute Gasteiger partial charge is 0.290 e. The highest BCUT2D eigenvalue weighted by Crippen LogP contribution is 2.13. The van der Waals surface area contributed by atoms with Gasteiger partial charge in [0.15, 0.2) is 0 Å². The summed E-state index contributed by atoms with van der Waals surface area (Å²) in [6.07, 6.45) is 19.4. The molecule has 0 aromatic carbocycles. The van der Waals surface area contributed by atoms with Crippen LogP contribution in [-0.2, 0) is 14.6 Å². The van der Waals surface area contributed by atoms with Crippen LogP contribution in [0.2, 0.25) is 0 Å². The van der Waals surface area contributed by atoms with Gasteiger partial charge in [0, 0.05) is 0 Å². The van der Waals surface area contributed by atoms with Crippen molar-refractivity contribution < 1.29 is 19.7 Å². The predicted molar refractivity (Wildman–Crippen MR) is 116 cm³/mol. The fraction of sp³-hybridized carbons (Fsp3) is 0.955. The van der Waals surface area contributed by atoms with Gasteiger partial charge in [0.1, 0.15) is 0 Å². The van der Waals surface area contributed by atoms with Crippen molar-refractivity contribution in [1.82, 2.24) is 4.90 Å². The van der Waals surface area contributed by atoms with Crippen LogP contribution in [0.3, 0.4) is 0 Å². The molecule has 27 heavy (non-hydrogen) atoms. The second-order valence-corrected chi connectivity index (χ2v) is 6.85. The van der Waals surface area contributed by atoms with E-state index < -0.39 is 0 Å². The molecule has 0 atom stereocenters. The standard InChI is InChI=1S/C19H41NO2.C2H6.CH2O2/c1-20(2)18-16-14-12-10-8-6-4-5-7-9-11-13-15-17-19-22-21-3;1-2;2-1-3/h4-19H2,1-3H3;1-2H3;1H,(H,2,3). The van der Waals surface area contributed by atoms with Crippen LogP contribution in [0.15, 0.2) is 0 Å². The lowest BCUT2D eigenvalue weighted by Gasteiger charge is -2.08. The maximum absolute atomic E-state index is 8.36. The minimum atomic E-state index is -0.250. The van der Waals surface area contributed by atoms with Crippen LogP contribution in [-0.4, -0.2) is 50.8 Å². The molecule has 0 rings (SSSR count). The average molecular weight is 392 g/mol. The summed E-state index contributed by atoms with van der Waals surface area (Å²) in [5.74, 6) is 0. The Hall–Kier alpha value is -0.650. The van der Waals surface area contributed by atoms with E-state index in [2.05, 4.69) is 23.9 Å². The highest BCUT2D eigenvalue weighted by molar-refractivity contribution is 5.32. The molecule has 0 amide bonds. The van der Waals surface area contributed by atoms with Gasteiger partial charge < -0.3 is 10.0 Å². The average Bonchev–Trinajstić information content (AvgIpc) is 2.66. The van der Waals surface area contributed by atoms with E-state index in [1.807, 2.05) is 13.8 Å². The molecule has 0 spiro atoms. The number of unbranched alkanes of at least 4 members (excludes halogenated alkanes) is 13. The lowest BCUT2D eigenvalue weighted by molar-refractivity contribution is -0.272. The largest absolute Gasteiger partial charge is 0.483 e. The first-order chi connectivity index (χ1) is 13.2. The molecule has 0 aliphatic heterocycles. The number of carbonyl (C=O) groups is 1. The summed E-state index contributed by atoms with van der Waals surface area (Å²) in [7, 11) is 5.90. The molecular formula is C22H49NO4. The molecule has 0 aliphatic carbocycles. The van der Waals surface area contributed by atoms with Crippen LogP contribution < -0.4 is 0 Å². The van der Waals surface area contributed by atoms with Gasteiger partial charge in [-0.25, -0.2) is 9.78 Å². The van der Waals surface area contributed by atoms with Crippen molar-refractivity contribution in [2.45, 2.75) is 104 Å². The highest BCUT2D eigenvalue weighted by atomic mass is 17.2. The van der Waals surface area contributed by atoms with Gasteiger partial charge in [0.2, 0.25) is 0 Å². The second-order valence-electron chi connectivity index (χ2n) is 6.85. The maximum Gasteiger partial charge on any atom is 0.290 e. The minimum absolute atomic E-state index is 0.250. The van der Waals surface area contributed by atoms with E-state index >= 15 is 0 Å². The summed E-state index contributed by atoms with van der Waals surface area (Å²) < 4.78 is 0. The Bertz CT molecular complexity index is 238. The van der Waals surface area contributed by atoms with Gasteiger partial charge >= 0.3 is 0 Å². The lowest BCUT2D eigenvalue weighted by Crippen LogP contribution is -2.12. The molecule has 0 bridgehead atoms. The monoisotopic (exact) mass is 391 g/mol. The third-order valence-electron chi connectivity index (χ3n) is 4.20. The van der Waals surface area contributed by atoms with E-state index in [0.29, 0.717) is 0 Å². The minimum Gasteiger partial charge on any atom is -0.483 e. The summed E-state index contributed by atoms with van der Waals surface area (Å²) in [5, 5.41) is 6.89. The lowest BCUT2D eigenvalue weighted by atomic mass is 10.0. The van der Waals surface area contributed by atoms with Crippen LogP contribution in [0.4, 0.5) is 0 Å². The van der Waals surface area contributed by atoms with Crippen LogP contribution in [0.5, 0.6) is 0 Å². The van der Waals surface area contributed by atoms with Crippen molar-refractivity contribution >= 4 is 6.47 Å². The summed E-state index contributed by atoms with van der Waals surface area (Å²) in [6.45, 7) is 5.74. The first-order valence-corrected chi connectivity index (χ1v) is 11.1. The van der Waals surface area contributed by atoms with E-state index in [0.717, 1.165) is 13.0 Å². The summed E-state index contributed by atoms with van der Waals surface area (Å²) in [6, 6.07) is 0. The van der Waals surface area contributed by atoms with Crippen LogP contribution >= 0.6 is 0 Å². The Morgan fingerprint density at radius 2 is 1.00 bits per heavy atom. The normalized spacial score (nSPS) is 10.0. The Kier molecular flexibility index (Phi) is 37.9. The number of rotatable bonds is 18. The zero-order chi connectivity index (χ0) is 21.0. The van der Waals surface area contributed by atoms with Gasteiger partial charge in [-0.2, -0.15) is 0 Å². The molecule has 166 valence electrons. The SMILES string of the molecule is CC.COOCCCCCCCCCCCCCCCCN(C)C.O=CO. The zero-order valence-corrected chi connectivity index (χ0v) is 19.0. The molecule has 0 fully saturated rings. The molecular weight excluding hydrogens is 342 g/mol. The topological polar surface area (TPSA) is 59.0 Å². The summed E-state index contributed by atoms with van der Waals surface area (Å²) in [4.78, 5) is 20.1. The Labute approximate surface area is 169 Å². The van der Waals surface area contributed by atoms with Crippen molar-refractivity contribution in [2.75, 3.05) is 34.4 Å². The number of carboxylic acid groups (broad SMARTS) is 1. The van der Waals surface area contributed by atoms with Gasteiger partial charge in [-0.15, -0.1) is 0 Å². The Balaban J connectivity index is -0.00000104. The summed E-state index contributed by atoms with van der Waals surface area (Å²) >= 11 is 0. The maximum atomic E-state index is 8.36. The second kappa shape index (κ2) is 33.0. The molecule has 0 aliphatic rings. The van der Waals surface area contributed by atoms with Gasteiger partial charge in [-0.3, -0.25) is 4.79 Å². The van der Waals surface area contributed by atoms with Crippen LogP contribution in [0.25, 0.3) is 0 Å². The van der Waals surface area contributed by atoms with E-state index in [-0.39, 0.29) is 6.47 Å². The third-order valence-corrected chi connectivity index (χ3v) is 4.20. The van der Waals surface area contributed by atoms with E-state index in [4.69, 9.17) is 14.8 Å². The molecule has 0 aromatic rings. The molecule has 5 nitrogen and oxygen atoms in total.